The number of phenols is 1. The molecule has 0 aromatic heterocycles. The van der Waals surface area contributed by atoms with Gasteiger partial charge in [0.15, 0.2) is 11.5 Å². The van der Waals surface area contributed by atoms with E-state index in [1.54, 1.807) is 6.07 Å². The summed E-state index contributed by atoms with van der Waals surface area (Å²) in [5.74, 6) is 0.662. The first kappa shape index (κ1) is 21.4. The van der Waals surface area contributed by atoms with Crippen LogP contribution in [-0.4, -0.2) is 17.4 Å². The lowest BCUT2D eigenvalue weighted by Gasteiger charge is -2.31. The summed E-state index contributed by atoms with van der Waals surface area (Å²) >= 11 is 6.50. The Labute approximate surface area is 188 Å². The molecule has 0 fully saturated rings. The van der Waals surface area contributed by atoms with E-state index in [-0.39, 0.29) is 18.0 Å². The first-order valence-corrected chi connectivity index (χ1v) is 11.1. The number of nitrogens with zero attached hydrogens (tertiary/aromatic N) is 1. The zero-order chi connectivity index (χ0) is 21.8. The van der Waals surface area contributed by atoms with Gasteiger partial charge >= 0.3 is 0 Å². The van der Waals surface area contributed by atoms with Gasteiger partial charge in [-0.1, -0.05) is 73.1 Å². The number of aliphatic imine (C=N–C) groups is 1. The van der Waals surface area contributed by atoms with Gasteiger partial charge < -0.3 is 9.84 Å². The van der Waals surface area contributed by atoms with Crippen molar-refractivity contribution in [3.63, 3.8) is 0 Å². The van der Waals surface area contributed by atoms with Crippen LogP contribution in [0.15, 0.2) is 71.7 Å². The predicted octanol–water partition coefficient (Wildman–Crippen LogP) is 6.23. The maximum Gasteiger partial charge on any atom is 0.162 e. The summed E-state index contributed by atoms with van der Waals surface area (Å²) in [7, 11) is 0. The van der Waals surface area contributed by atoms with Gasteiger partial charge in [0, 0.05) is 34.3 Å². The molecule has 2 atom stereocenters. The summed E-state index contributed by atoms with van der Waals surface area (Å²) in [6.45, 7) is 4.55. The van der Waals surface area contributed by atoms with E-state index >= 15 is 0 Å². The fourth-order valence-corrected chi connectivity index (χ4v) is 4.20. The van der Waals surface area contributed by atoms with E-state index in [1.807, 2.05) is 43.3 Å². The number of rotatable bonds is 6. The molecule has 4 nitrogen and oxygen atoms in total. The van der Waals surface area contributed by atoms with Crippen molar-refractivity contribution in [2.24, 2.45) is 4.99 Å². The van der Waals surface area contributed by atoms with Gasteiger partial charge in [-0.2, -0.15) is 0 Å². The number of aryl methyl sites for hydroxylation is 1. The molecule has 0 spiro atoms. The largest absolute Gasteiger partial charge is 0.504 e. The average Bonchev–Trinajstić information content (AvgIpc) is 2.80. The van der Waals surface area contributed by atoms with Gasteiger partial charge in [0.25, 0.3) is 0 Å². The minimum absolute atomic E-state index is 0.139. The minimum atomic E-state index is -0.316. The lowest BCUT2D eigenvalue weighted by Crippen LogP contribution is -2.33. The molecule has 1 aliphatic rings. The fraction of sp³-hybridized carbons (Fsp3) is 0.269. The molecule has 4 rings (SSSR count). The van der Waals surface area contributed by atoms with Gasteiger partial charge in [0.05, 0.1) is 6.61 Å². The Morgan fingerprint density at radius 1 is 1.00 bits per heavy atom. The van der Waals surface area contributed by atoms with E-state index in [9.17, 15) is 5.11 Å². The van der Waals surface area contributed by atoms with Crippen LogP contribution in [0.3, 0.4) is 0 Å². The Hall–Kier alpha value is -2.82. The number of hydrogen-bond acceptors (Lipinski definition) is 4. The van der Waals surface area contributed by atoms with Crippen molar-refractivity contribution in [3.8, 4) is 11.5 Å². The zero-order valence-electron chi connectivity index (χ0n) is 17.8. The smallest absolute Gasteiger partial charge is 0.162 e. The molecule has 0 unspecified atom stereocenters. The Balaban J connectivity index is 1.76. The van der Waals surface area contributed by atoms with E-state index in [4.69, 9.17) is 21.3 Å². The van der Waals surface area contributed by atoms with Crippen molar-refractivity contribution >= 4 is 17.3 Å². The molecule has 31 heavy (non-hydrogen) atoms. The highest BCUT2D eigenvalue weighted by Gasteiger charge is 2.29. The number of phenolic OH excluding ortho intramolecular Hbond substituents is 1. The number of benzene rings is 3. The quantitative estimate of drug-likeness (QED) is 0.483. The van der Waals surface area contributed by atoms with E-state index < -0.39 is 0 Å². The monoisotopic (exact) mass is 434 g/mol. The summed E-state index contributed by atoms with van der Waals surface area (Å²) in [4.78, 5) is 5.01. The van der Waals surface area contributed by atoms with Crippen LogP contribution in [-0.2, 0) is 6.42 Å². The van der Waals surface area contributed by atoms with Gasteiger partial charge in [0.2, 0.25) is 0 Å². The van der Waals surface area contributed by atoms with Gasteiger partial charge in [-0.05, 0) is 36.6 Å². The van der Waals surface area contributed by atoms with Crippen LogP contribution in [0.1, 0.15) is 54.7 Å². The van der Waals surface area contributed by atoms with Crippen LogP contribution in [0.2, 0.25) is 5.02 Å². The van der Waals surface area contributed by atoms with E-state index in [0.717, 1.165) is 28.8 Å². The topological polar surface area (TPSA) is 53.8 Å². The maximum atomic E-state index is 10.9. The molecule has 0 aliphatic carbocycles. The van der Waals surface area contributed by atoms with Crippen molar-refractivity contribution in [1.29, 1.82) is 0 Å². The van der Waals surface area contributed by atoms with Crippen LogP contribution in [0.4, 0.5) is 0 Å². The Morgan fingerprint density at radius 2 is 1.74 bits per heavy atom. The lowest BCUT2D eigenvalue weighted by molar-refractivity contribution is 0.313. The Morgan fingerprint density at radius 3 is 2.45 bits per heavy atom. The SMILES string of the molecule is CCOc1cccc([C@H]2CC(c3ccc(CC)cc3)=N[C@H](c3ccccc3Cl)N2)c1O. The average molecular weight is 435 g/mol. The molecular weight excluding hydrogens is 408 g/mol. The van der Waals surface area contributed by atoms with Gasteiger partial charge in [-0.3, -0.25) is 10.3 Å². The number of aromatic hydroxyl groups is 1. The number of ether oxygens (including phenoxy) is 1. The lowest BCUT2D eigenvalue weighted by atomic mass is 9.93. The molecular formula is C26H27ClN2O2. The molecule has 0 amide bonds. The maximum absolute atomic E-state index is 10.9. The number of nitrogens with one attached hydrogen (secondary N) is 1. The highest BCUT2D eigenvalue weighted by molar-refractivity contribution is 6.31. The predicted molar refractivity (Wildman–Crippen MR) is 126 cm³/mol. The van der Waals surface area contributed by atoms with E-state index in [0.29, 0.717) is 23.8 Å². The molecule has 2 N–H and O–H groups in total. The standard InChI is InChI=1S/C26H27ClN2O2/c1-3-17-12-14-18(15-13-17)22-16-23(20-9-7-11-24(25(20)30)31-4-2)29-26(28-22)19-8-5-6-10-21(19)27/h5-15,23,26,29-30H,3-4,16H2,1-2H3/t23-,26+/m1/s1. The third-order valence-corrected chi connectivity index (χ3v) is 5.99. The van der Waals surface area contributed by atoms with Crippen molar-refractivity contribution in [1.82, 2.24) is 5.32 Å². The summed E-state index contributed by atoms with van der Waals surface area (Å²) in [6, 6.07) is 21.8. The second kappa shape index (κ2) is 9.54. The summed E-state index contributed by atoms with van der Waals surface area (Å²) in [5.41, 5.74) is 5.07. The number of halogens is 1. The van der Waals surface area contributed by atoms with Crippen molar-refractivity contribution in [2.45, 2.75) is 38.9 Å². The number of para-hydroxylation sites is 1. The molecule has 0 bridgehead atoms. The first-order chi connectivity index (χ1) is 15.1. The molecule has 1 heterocycles. The molecule has 1 aliphatic heterocycles. The third-order valence-electron chi connectivity index (χ3n) is 5.64. The van der Waals surface area contributed by atoms with Crippen molar-refractivity contribution < 1.29 is 9.84 Å². The van der Waals surface area contributed by atoms with Crippen molar-refractivity contribution in [2.75, 3.05) is 6.61 Å². The third kappa shape index (κ3) is 4.60. The molecule has 3 aromatic rings. The second-order valence-electron chi connectivity index (χ2n) is 7.60. The highest BCUT2D eigenvalue weighted by Crippen LogP contribution is 2.39. The van der Waals surface area contributed by atoms with Crippen LogP contribution >= 0.6 is 11.6 Å². The van der Waals surface area contributed by atoms with Crippen LogP contribution in [0, 0.1) is 0 Å². The van der Waals surface area contributed by atoms with Gasteiger partial charge in [-0.25, -0.2) is 0 Å². The molecule has 5 heteroatoms. The van der Waals surface area contributed by atoms with Crippen LogP contribution < -0.4 is 10.1 Å². The Bertz CT molecular complexity index is 1080. The summed E-state index contributed by atoms with van der Waals surface area (Å²) < 4.78 is 5.61. The second-order valence-corrected chi connectivity index (χ2v) is 8.01. The summed E-state index contributed by atoms with van der Waals surface area (Å²) in [6.07, 6.45) is 1.33. The molecule has 0 radical (unpaired) electrons. The fourth-order valence-electron chi connectivity index (χ4n) is 3.96. The van der Waals surface area contributed by atoms with Gasteiger partial charge in [-0.15, -0.1) is 0 Å². The molecule has 0 saturated heterocycles. The molecule has 160 valence electrons. The minimum Gasteiger partial charge on any atom is -0.504 e. The normalized spacial score (nSPS) is 18.5. The van der Waals surface area contributed by atoms with Crippen LogP contribution in [0.5, 0.6) is 11.5 Å². The Kier molecular flexibility index (Phi) is 6.59. The van der Waals surface area contributed by atoms with E-state index in [1.165, 1.54) is 5.56 Å². The van der Waals surface area contributed by atoms with Crippen molar-refractivity contribution in [3.05, 3.63) is 94.0 Å². The molecule has 3 aromatic carbocycles. The zero-order valence-corrected chi connectivity index (χ0v) is 18.6. The highest BCUT2D eigenvalue weighted by atomic mass is 35.5. The van der Waals surface area contributed by atoms with Crippen LogP contribution in [0.25, 0.3) is 0 Å². The summed E-state index contributed by atoms with van der Waals surface area (Å²) in [5, 5.41) is 15.1. The first-order valence-electron chi connectivity index (χ1n) is 10.7. The number of hydrogen-bond donors (Lipinski definition) is 2. The van der Waals surface area contributed by atoms with E-state index in [2.05, 4.69) is 36.5 Å². The molecule has 0 saturated carbocycles. The van der Waals surface area contributed by atoms with Gasteiger partial charge in [0.1, 0.15) is 6.17 Å².